The second kappa shape index (κ2) is 80.7. The number of unbranched alkanes of at least 4 members (excludes halogenated alkanes) is 15. The highest BCUT2D eigenvalue weighted by molar-refractivity contribution is 7.47. The van der Waals surface area contributed by atoms with Crippen molar-refractivity contribution in [3.05, 3.63) is 207 Å². The van der Waals surface area contributed by atoms with Crippen LogP contribution in [0.15, 0.2) is 207 Å². The molecule has 0 saturated carbocycles. The fourth-order valence-electron chi connectivity index (χ4n) is 10.1. The number of rotatable bonds is 75. The number of aliphatic hydroxyl groups is 1. The number of carbonyl (C=O) groups excluding carboxylic acids is 4. The van der Waals surface area contributed by atoms with Gasteiger partial charge in [0, 0.05) is 25.7 Å². The van der Waals surface area contributed by atoms with E-state index in [9.17, 15) is 43.2 Å². The largest absolute Gasteiger partial charge is 0.472 e. The second-order valence-electron chi connectivity index (χ2n) is 26.5. The third-order valence-corrected chi connectivity index (χ3v) is 18.1. The van der Waals surface area contributed by atoms with E-state index in [1.165, 1.54) is 0 Å². The lowest BCUT2D eigenvalue weighted by molar-refractivity contribution is -0.161. The van der Waals surface area contributed by atoms with Crippen LogP contribution in [0.3, 0.4) is 0 Å². The predicted molar refractivity (Wildman–Crippen MR) is 454 cm³/mol. The van der Waals surface area contributed by atoms with Crippen molar-refractivity contribution in [1.29, 1.82) is 0 Å². The summed E-state index contributed by atoms with van der Waals surface area (Å²) in [4.78, 5) is 73.2. The molecule has 0 aliphatic rings. The Kier molecular flexibility index (Phi) is 76.0. The van der Waals surface area contributed by atoms with Crippen LogP contribution in [-0.2, 0) is 65.4 Å². The summed E-state index contributed by atoms with van der Waals surface area (Å²) in [5.74, 6) is -2.35. The molecule has 0 spiro atoms. The summed E-state index contributed by atoms with van der Waals surface area (Å²) in [5.41, 5.74) is 0. The minimum atomic E-state index is -5.02. The third-order valence-electron chi connectivity index (χ3n) is 16.2. The number of carbonyl (C=O) groups is 4. The molecule has 0 aromatic heterocycles. The SMILES string of the molecule is CC/C=C\C/C=C\C/C=C\C/C=C\C/C=C\C/C=C\CCC(=O)OCC(COP(=O)(O)OCC(O)COP(=O)(O)OCC(COC(=O)CCCCCCCC/C=C\C/C=C\C/C=C\C/C=C\CC)OC(=O)CCCCCC/C=C\C/C=C\C/C=C\C/C=C\CC)OC(=O)CCCCCCC/C=C\C/C=C\C/C=C\CC. The monoisotopic (exact) mass is 1570 g/mol. The average Bonchev–Trinajstić information content (AvgIpc) is 0.899. The average molecular weight is 1570 g/mol. The van der Waals surface area contributed by atoms with Crippen LogP contribution in [-0.4, -0.2) is 96.7 Å². The molecule has 0 rings (SSSR count). The van der Waals surface area contributed by atoms with E-state index in [-0.39, 0.29) is 25.7 Å². The molecule has 5 unspecified atom stereocenters. The summed E-state index contributed by atoms with van der Waals surface area (Å²) < 4.78 is 68.6. The molecule has 3 N–H and O–H groups in total. The van der Waals surface area contributed by atoms with Gasteiger partial charge in [-0.1, -0.05) is 292 Å². The summed E-state index contributed by atoms with van der Waals surface area (Å²) in [6.45, 7) is 4.25. The van der Waals surface area contributed by atoms with Crippen LogP contribution < -0.4 is 0 Å². The second-order valence-corrected chi connectivity index (χ2v) is 29.4. The van der Waals surface area contributed by atoms with Gasteiger partial charge in [0.25, 0.3) is 0 Å². The molecule has 0 aromatic carbocycles. The molecule has 0 saturated heterocycles. The number of allylic oxidation sites excluding steroid dienone is 34. The summed E-state index contributed by atoms with van der Waals surface area (Å²) >= 11 is 0. The zero-order valence-corrected chi connectivity index (χ0v) is 69.6. The first-order valence-electron chi connectivity index (χ1n) is 41.3. The first kappa shape index (κ1) is 104. The quantitative estimate of drug-likeness (QED) is 0.0169. The van der Waals surface area contributed by atoms with Crippen molar-refractivity contribution in [3.63, 3.8) is 0 Å². The fourth-order valence-corrected chi connectivity index (χ4v) is 11.7. The Labute approximate surface area is 665 Å². The smallest absolute Gasteiger partial charge is 0.462 e. The third kappa shape index (κ3) is 79.7. The number of hydrogen-bond acceptors (Lipinski definition) is 15. The molecule has 5 atom stereocenters. The first-order valence-corrected chi connectivity index (χ1v) is 44.3. The normalized spacial score (nSPS) is 14.9. The minimum Gasteiger partial charge on any atom is -0.462 e. The molecule has 110 heavy (non-hydrogen) atoms. The van der Waals surface area contributed by atoms with Crippen LogP contribution in [0.1, 0.15) is 285 Å². The fraction of sp³-hybridized carbons (Fsp3) is 0.582. The molecule has 0 fully saturated rings. The van der Waals surface area contributed by atoms with Gasteiger partial charge < -0.3 is 33.8 Å². The van der Waals surface area contributed by atoms with Crippen LogP contribution in [0.2, 0.25) is 0 Å². The standard InChI is InChI=1S/C91H144O17P2/c1-5-9-13-17-21-25-29-33-37-40-42-45-48-51-55-59-63-67-71-75-88(93)101-81-86(107-90(95)77-73-69-65-61-57-53-47-36-32-28-24-20-16-12-8-4)83-105-109(97,98)103-79-85(92)80-104-110(99,100)106-84-87(108-91(96)78-74-70-66-62-58-54-50-44-39-35-31-27-23-19-15-11-7-3)82-102-89(94)76-72-68-64-60-56-52-49-46-43-41-38-34-30-26-22-18-14-10-6-2/h9-16,21-28,33-39,42-43,45-47,50-51,54-55,63,67,85-87,92H,5-8,17-20,29-32,40-41,44,48-49,52-53,56-62,64-66,68-84H2,1-4H3,(H,97,98)(H,99,100)/b13-9-,14-10-,15-11-,16-12-,25-21-,26-22-,27-23-,28-24-,37-33-,38-34-,39-35-,45-42-,46-43-,47-36-,54-50-,55-51-,67-63-. The van der Waals surface area contributed by atoms with Crippen LogP contribution in [0.25, 0.3) is 0 Å². The van der Waals surface area contributed by atoms with E-state index in [0.29, 0.717) is 32.1 Å². The van der Waals surface area contributed by atoms with Gasteiger partial charge in [-0.3, -0.25) is 37.3 Å². The van der Waals surface area contributed by atoms with Crippen LogP contribution in [0.4, 0.5) is 0 Å². The Morgan fingerprint density at radius 1 is 0.255 bits per heavy atom. The lowest BCUT2D eigenvalue weighted by atomic mass is 10.1. The molecule has 17 nitrogen and oxygen atoms in total. The van der Waals surface area contributed by atoms with E-state index in [4.69, 9.17) is 37.0 Å². The number of hydrogen-bond donors (Lipinski definition) is 3. The highest BCUT2D eigenvalue weighted by atomic mass is 31.2. The van der Waals surface area contributed by atoms with E-state index >= 15 is 0 Å². The van der Waals surface area contributed by atoms with Gasteiger partial charge >= 0.3 is 39.5 Å². The van der Waals surface area contributed by atoms with Gasteiger partial charge in [-0.2, -0.15) is 0 Å². The number of phosphoric acid groups is 2. The summed E-state index contributed by atoms with van der Waals surface area (Å²) in [7, 11) is -10.0. The Hall–Kier alpha value is -6.36. The zero-order chi connectivity index (χ0) is 80.3. The van der Waals surface area contributed by atoms with Gasteiger partial charge in [-0.05, 0) is 173 Å². The van der Waals surface area contributed by atoms with Crippen LogP contribution >= 0.6 is 15.6 Å². The van der Waals surface area contributed by atoms with Crippen molar-refractivity contribution in [2.45, 2.75) is 303 Å². The van der Waals surface area contributed by atoms with Crippen molar-refractivity contribution < 1.29 is 80.2 Å². The molecule has 0 aliphatic carbocycles. The molecule has 0 aliphatic heterocycles. The lowest BCUT2D eigenvalue weighted by Crippen LogP contribution is -2.30. The highest BCUT2D eigenvalue weighted by Crippen LogP contribution is 2.45. The van der Waals surface area contributed by atoms with E-state index in [1.54, 1.807) is 0 Å². The van der Waals surface area contributed by atoms with Crippen LogP contribution in [0, 0.1) is 0 Å². The van der Waals surface area contributed by atoms with E-state index in [1.807, 2.05) is 18.2 Å². The Bertz CT molecular complexity index is 2900. The van der Waals surface area contributed by atoms with Gasteiger partial charge in [-0.15, -0.1) is 0 Å². The Balaban J connectivity index is 5.51. The van der Waals surface area contributed by atoms with Crippen molar-refractivity contribution in [2.75, 3.05) is 39.6 Å². The molecule has 0 heterocycles. The molecule has 0 aromatic rings. The van der Waals surface area contributed by atoms with Crippen molar-refractivity contribution in [3.8, 4) is 0 Å². The topological polar surface area (TPSA) is 237 Å². The van der Waals surface area contributed by atoms with Gasteiger partial charge in [0.2, 0.25) is 0 Å². The maximum Gasteiger partial charge on any atom is 0.472 e. The number of phosphoric ester groups is 2. The number of esters is 4. The predicted octanol–water partition coefficient (Wildman–Crippen LogP) is 24.7. The van der Waals surface area contributed by atoms with Gasteiger partial charge in [0.05, 0.1) is 26.4 Å². The van der Waals surface area contributed by atoms with Crippen molar-refractivity contribution >= 4 is 39.5 Å². The van der Waals surface area contributed by atoms with Crippen molar-refractivity contribution in [2.24, 2.45) is 0 Å². The van der Waals surface area contributed by atoms with E-state index < -0.39 is 97.5 Å². The summed E-state index contributed by atoms with van der Waals surface area (Å²) in [6.07, 6.45) is 101. The maximum atomic E-state index is 13.1. The lowest BCUT2D eigenvalue weighted by Gasteiger charge is -2.21. The molecule has 0 radical (unpaired) electrons. The first-order chi connectivity index (χ1) is 53.7. The van der Waals surface area contributed by atoms with Gasteiger partial charge in [0.1, 0.15) is 19.3 Å². The minimum absolute atomic E-state index is 0.0235. The summed E-state index contributed by atoms with van der Waals surface area (Å²) in [6, 6.07) is 0. The zero-order valence-electron chi connectivity index (χ0n) is 67.8. The van der Waals surface area contributed by atoms with E-state index in [0.717, 1.165) is 199 Å². The molecule has 0 bridgehead atoms. The van der Waals surface area contributed by atoms with Crippen LogP contribution in [0.5, 0.6) is 0 Å². The maximum absolute atomic E-state index is 13.1. The summed E-state index contributed by atoms with van der Waals surface area (Å²) in [5, 5.41) is 10.7. The van der Waals surface area contributed by atoms with E-state index in [2.05, 4.69) is 216 Å². The molecule has 19 heteroatoms. The van der Waals surface area contributed by atoms with Gasteiger partial charge in [-0.25, -0.2) is 9.13 Å². The number of ether oxygens (including phenoxy) is 4. The van der Waals surface area contributed by atoms with Crippen molar-refractivity contribution in [1.82, 2.24) is 0 Å². The number of aliphatic hydroxyl groups excluding tert-OH is 1. The molecular weight excluding hydrogens is 1430 g/mol. The van der Waals surface area contributed by atoms with Gasteiger partial charge in [0.15, 0.2) is 12.2 Å². The Morgan fingerprint density at radius 3 is 0.736 bits per heavy atom. The molecular formula is C91H144O17P2. The highest BCUT2D eigenvalue weighted by Gasteiger charge is 2.30. The Morgan fingerprint density at radius 2 is 0.464 bits per heavy atom. The molecule has 620 valence electrons. The molecule has 0 amide bonds.